The van der Waals surface area contributed by atoms with Crippen LogP contribution in [0.1, 0.15) is 5.69 Å². The van der Waals surface area contributed by atoms with E-state index in [4.69, 9.17) is 5.11 Å². The smallest absolute Gasteiger partial charge is 0.309 e. The van der Waals surface area contributed by atoms with E-state index < -0.39 is 5.97 Å². The summed E-state index contributed by atoms with van der Waals surface area (Å²) in [7, 11) is 0. The maximum Gasteiger partial charge on any atom is 0.309 e. The third-order valence-corrected chi connectivity index (χ3v) is 2.06. The van der Waals surface area contributed by atoms with E-state index in [1.807, 2.05) is 0 Å². The Balaban J connectivity index is 2.38. The molecule has 0 aliphatic heterocycles. The Morgan fingerprint density at radius 1 is 1.75 bits per heavy atom. The topological polar surface area (TPSA) is 67.5 Å². The first kappa shape index (κ1) is 7.23. The summed E-state index contributed by atoms with van der Waals surface area (Å²) in [6.45, 7) is 0. The zero-order valence-corrected chi connectivity index (χ0v) is 6.78. The van der Waals surface area contributed by atoms with Crippen LogP contribution in [-0.2, 0) is 11.2 Å². The standard InChI is InChI=1S/C6H5N3O2S/c10-5(11)1-4-2-9-6(8-4)12-3-7-9/h2-3H,1H2,(H,10,11). The molecule has 0 atom stereocenters. The predicted octanol–water partition coefficient (Wildman–Crippen LogP) is 0.418. The molecule has 12 heavy (non-hydrogen) atoms. The number of hydrogen-bond acceptors (Lipinski definition) is 4. The minimum absolute atomic E-state index is 0.0456. The number of hydrogen-bond donors (Lipinski definition) is 1. The fourth-order valence-corrected chi connectivity index (χ4v) is 1.54. The monoisotopic (exact) mass is 183 g/mol. The van der Waals surface area contributed by atoms with Gasteiger partial charge in [0, 0.05) is 0 Å². The van der Waals surface area contributed by atoms with Crippen molar-refractivity contribution in [3.63, 3.8) is 0 Å². The predicted molar refractivity (Wildman–Crippen MR) is 42.2 cm³/mol. The number of carbonyl (C=O) groups is 1. The summed E-state index contributed by atoms with van der Waals surface area (Å²) in [6, 6.07) is 0. The van der Waals surface area contributed by atoms with Crippen LogP contribution in [0.15, 0.2) is 11.7 Å². The van der Waals surface area contributed by atoms with Gasteiger partial charge in [0.25, 0.3) is 0 Å². The average Bonchev–Trinajstić information content (AvgIpc) is 2.43. The molecule has 2 heterocycles. The van der Waals surface area contributed by atoms with Crippen molar-refractivity contribution < 1.29 is 9.90 Å². The van der Waals surface area contributed by atoms with Crippen LogP contribution in [0.4, 0.5) is 0 Å². The summed E-state index contributed by atoms with van der Waals surface area (Å²) >= 11 is 1.38. The first-order valence-electron chi connectivity index (χ1n) is 3.25. The Labute approximate surface area is 71.3 Å². The molecule has 6 heteroatoms. The van der Waals surface area contributed by atoms with Crippen LogP contribution in [0.2, 0.25) is 0 Å². The van der Waals surface area contributed by atoms with Crippen LogP contribution in [0, 0.1) is 0 Å². The van der Waals surface area contributed by atoms with Gasteiger partial charge in [-0.05, 0) is 0 Å². The highest BCUT2D eigenvalue weighted by atomic mass is 32.1. The zero-order valence-electron chi connectivity index (χ0n) is 5.97. The molecule has 0 aromatic carbocycles. The molecule has 0 saturated carbocycles. The fourth-order valence-electron chi connectivity index (χ4n) is 0.924. The van der Waals surface area contributed by atoms with Gasteiger partial charge in [0.1, 0.15) is 5.51 Å². The van der Waals surface area contributed by atoms with Crippen LogP contribution < -0.4 is 0 Å². The molecule has 0 radical (unpaired) electrons. The van der Waals surface area contributed by atoms with Crippen molar-refractivity contribution >= 4 is 22.3 Å². The lowest BCUT2D eigenvalue weighted by molar-refractivity contribution is -0.136. The van der Waals surface area contributed by atoms with Gasteiger partial charge in [0.15, 0.2) is 0 Å². The molecule has 0 spiro atoms. The summed E-state index contributed by atoms with van der Waals surface area (Å²) < 4.78 is 1.57. The average molecular weight is 183 g/mol. The van der Waals surface area contributed by atoms with E-state index in [0.717, 1.165) is 4.96 Å². The van der Waals surface area contributed by atoms with Gasteiger partial charge < -0.3 is 5.11 Å². The highest BCUT2D eigenvalue weighted by Gasteiger charge is 2.06. The van der Waals surface area contributed by atoms with E-state index in [0.29, 0.717) is 5.69 Å². The molecular weight excluding hydrogens is 178 g/mol. The molecule has 0 bridgehead atoms. The summed E-state index contributed by atoms with van der Waals surface area (Å²) in [4.78, 5) is 15.1. The molecule has 5 nitrogen and oxygen atoms in total. The maximum atomic E-state index is 10.3. The van der Waals surface area contributed by atoms with Crippen LogP contribution in [-0.4, -0.2) is 25.7 Å². The third kappa shape index (κ3) is 1.16. The van der Waals surface area contributed by atoms with Gasteiger partial charge in [-0.2, -0.15) is 5.10 Å². The summed E-state index contributed by atoms with van der Waals surface area (Å²) in [5, 5.41) is 12.4. The Hall–Kier alpha value is -1.43. The zero-order chi connectivity index (χ0) is 8.55. The minimum Gasteiger partial charge on any atom is -0.481 e. The van der Waals surface area contributed by atoms with Crippen molar-refractivity contribution in [1.82, 2.24) is 14.6 Å². The SMILES string of the molecule is O=C(O)Cc1cn2ncsc2n1. The van der Waals surface area contributed by atoms with E-state index in [9.17, 15) is 4.79 Å². The molecule has 62 valence electrons. The fraction of sp³-hybridized carbons (Fsp3) is 0.167. The van der Waals surface area contributed by atoms with Crippen molar-refractivity contribution in [3.05, 3.63) is 17.4 Å². The molecule has 0 aliphatic carbocycles. The van der Waals surface area contributed by atoms with Gasteiger partial charge in [-0.15, -0.1) is 0 Å². The second-order valence-electron chi connectivity index (χ2n) is 2.27. The quantitative estimate of drug-likeness (QED) is 0.732. The summed E-state index contributed by atoms with van der Waals surface area (Å²) in [5.41, 5.74) is 2.20. The highest BCUT2D eigenvalue weighted by molar-refractivity contribution is 7.14. The molecule has 2 rings (SSSR count). The molecule has 0 saturated heterocycles. The number of carboxylic acids is 1. The Bertz CT molecular complexity index is 391. The summed E-state index contributed by atoms with van der Waals surface area (Å²) in [5.74, 6) is -0.874. The number of carboxylic acid groups (broad SMARTS) is 1. The van der Waals surface area contributed by atoms with Gasteiger partial charge in [-0.1, -0.05) is 11.3 Å². The second kappa shape index (κ2) is 2.56. The van der Waals surface area contributed by atoms with Gasteiger partial charge in [0.05, 0.1) is 18.3 Å². The number of aliphatic carboxylic acids is 1. The lowest BCUT2D eigenvalue weighted by Crippen LogP contribution is -1.99. The molecule has 2 aromatic rings. The van der Waals surface area contributed by atoms with Gasteiger partial charge in [-0.25, -0.2) is 9.50 Å². The first-order valence-corrected chi connectivity index (χ1v) is 4.13. The van der Waals surface area contributed by atoms with E-state index in [-0.39, 0.29) is 6.42 Å². The highest BCUT2D eigenvalue weighted by Crippen LogP contribution is 2.08. The van der Waals surface area contributed by atoms with E-state index in [1.165, 1.54) is 11.3 Å². The summed E-state index contributed by atoms with van der Waals surface area (Å²) in [6.07, 6.45) is 1.58. The third-order valence-electron chi connectivity index (χ3n) is 1.37. The number of nitrogens with zero attached hydrogens (tertiary/aromatic N) is 3. The Morgan fingerprint density at radius 2 is 2.58 bits per heavy atom. The second-order valence-corrected chi connectivity index (χ2v) is 3.08. The Kier molecular flexibility index (Phi) is 1.54. The maximum absolute atomic E-state index is 10.3. The molecule has 0 unspecified atom stereocenters. The van der Waals surface area contributed by atoms with Crippen LogP contribution in [0.5, 0.6) is 0 Å². The normalized spacial score (nSPS) is 10.7. The van der Waals surface area contributed by atoms with Gasteiger partial charge in [-0.3, -0.25) is 4.79 Å². The number of aromatic nitrogens is 3. The number of fused-ring (bicyclic) bond motifs is 1. The van der Waals surface area contributed by atoms with E-state index >= 15 is 0 Å². The molecule has 0 amide bonds. The van der Waals surface area contributed by atoms with Crippen molar-refractivity contribution in [3.8, 4) is 0 Å². The molecule has 1 N–H and O–H groups in total. The van der Waals surface area contributed by atoms with Crippen LogP contribution in [0.25, 0.3) is 4.96 Å². The lowest BCUT2D eigenvalue weighted by atomic mass is 10.3. The lowest BCUT2D eigenvalue weighted by Gasteiger charge is -1.84. The number of rotatable bonds is 2. The molecule has 0 fully saturated rings. The van der Waals surface area contributed by atoms with Crippen molar-refractivity contribution in [1.29, 1.82) is 0 Å². The van der Waals surface area contributed by atoms with Crippen molar-refractivity contribution in [2.45, 2.75) is 6.42 Å². The van der Waals surface area contributed by atoms with Crippen molar-refractivity contribution in [2.75, 3.05) is 0 Å². The minimum atomic E-state index is -0.874. The van der Waals surface area contributed by atoms with E-state index in [1.54, 1.807) is 16.2 Å². The van der Waals surface area contributed by atoms with Gasteiger partial charge >= 0.3 is 5.97 Å². The first-order chi connectivity index (χ1) is 5.75. The van der Waals surface area contributed by atoms with E-state index in [2.05, 4.69) is 10.1 Å². The number of imidazole rings is 1. The van der Waals surface area contributed by atoms with Crippen LogP contribution >= 0.6 is 11.3 Å². The molecule has 0 aliphatic rings. The largest absolute Gasteiger partial charge is 0.481 e. The van der Waals surface area contributed by atoms with Gasteiger partial charge in [0.2, 0.25) is 4.96 Å². The van der Waals surface area contributed by atoms with Crippen molar-refractivity contribution in [2.24, 2.45) is 0 Å². The molecular formula is C6H5N3O2S. The Morgan fingerprint density at radius 3 is 3.25 bits per heavy atom. The van der Waals surface area contributed by atoms with Crippen LogP contribution in [0.3, 0.4) is 0 Å². The molecule has 2 aromatic heterocycles.